The highest BCUT2D eigenvalue weighted by molar-refractivity contribution is 6.64. The molecule has 0 amide bonds. The van der Waals surface area contributed by atoms with Crippen LogP contribution in [-0.4, -0.2) is 5.24 Å². The van der Waals surface area contributed by atoms with Crippen LogP contribution in [0.15, 0.2) is 0 Å². The van der Waals surface area contributed by atoms with E-state index in [2.05, 4.69) is 13.8 Å². The number of fused-ring (bicyclic) bond motifs is 5. The Kier molecular flexibility index (Phi) is 3.68. The van der Waals surface area contributed by atoms with E-state index in [1.165, 1.54) is 57.8 Å². The molecule has 0 spiro atoms. The van der Waals surface area contributed by atoms with Crippen molar-refractivity contribution in [1.82, 2.24) is 0 Å². The van der Waals surface area contributed by atoms with Gasteiger partial charge >= 0.3 is 0 Å². The lowest BCUT2D eigenvalue weighted by Gasteiger charge is -2.60. The van der Waals surface area contributed by atoms with Crippen molar-refractivity contribution in [1.29, 1.82) is 0 Å². The predicted octanol–water partition coefficient (Wildman–Crippen LogP) is 5.80. The van der Waals surface area contributed by atoms with E-state index < -0.39 is 0 Å². The van der Waals surface area contributed by atoms with Gasteiger partial charge in [-0.05, 0) is 97.5 Å². The fourth-order valence-electron chi connectivity index (χ4n) is 7.67. The van der Waals surface area contributed by atoms with E-state index in [1.807, 2.05) is 0 Å². The molecule has 0 radical (unpaired) electrons. The molecule has 1 nitrogen and oxygen atoms in total. The van der Waals surface area contributed by atoms with Gasteiger partial charge in [-0.2, -0.15) is 0 Å². The van der Waals surface area contributed by atoms with Crippen molar-refractivity contribution < 1.29 is 4.79 Å². The molecule has 4 rings (SSSR count). The first kappa shape index (κ1) is 15.5. The summed E-state index contributed by atoms with van der Waals surface area (Å²) in [5.74, 6) is 3.68. The van der Waals surface area contributed by atoms with Crippen LogP contribution in [0.3, 0.4) is 0 Å². The van der Waals surface area contributed by atoms with Gasteiger partial charge in [0.15, 0.2) is 0 Å². The molecular weight excluding hydrogens is 292 g/mol. The molecule has 4 aliphatic rings. The summed E-state index contributed by atoms with van der Waals surface area (Å²) in [5, 5.41) is -0.0546. The Balaban J connectivity index is 1.63. The van der Waals surface area contributed by atoms with Crippen LogP contribution in [0.1, 0.15) is 78.1 Å². The van der Waals surface area contributed by atoms with Gasteiger partial charge in [-0.15, -0.1) is 0 Å². The molecule has 0 aliphatic heterocycles. The van der Waals surface area contributed by atoms with Gasteiger partial charge in [0.05, 0.1) is 0 Å². The molecule has 0 heterocycles. The van der Waals surface area contributed by atoms with Crippen LogP contribution < -0.4 is 0 Å². The van der Waals surface area contributed by atoms with Gasteiger partial charge in [0.1, 0.15) is 0 Å². The molecule has 0 saturated heterocycles. The summed E-state index contributed by atoms with van der Waals surface area (Å²) >= 11 is 5.97. The summed E-state index contributed by atoms with van der Waals surface area (Å²) in [5.41, 5.74) is 0.809. The van der Waals surface area contributed by atoms with Crippen molar-refractivity contribution in [3.63, 3.8) is 0 Å². The standard InChI is InChI=1S/C20H31ClO/c1-19-11-4-3-5-13(19)6-7-14-15-8-9-17(18(21)22)20(15,2)12-10-16(14)19/h13-17H,3-12H2,1-2H3/t13?,14-,15-,16-,17+,19-,20-/m0/s1. The molecule has 4 fully saturated rings. The first-order chi connectivity index (χ1) is 10.5. The number of hydrogen-bond donors (Lipinski definition) is 0. The second kappa shape index (κ2) is 5.23. The minimum absolute atomic E-state index is 0.0546. The average molecular weight is 323 g/mol. The molecule has 0 aromatic rings. The average Bonchev–Trinajstić information content (AvgIpc) is 2.84. The molecule has 2 heteroatoms. The van der Waals surface area contributed by atoms with Gasteiger partial charge in [0.2, 0.25) is 5.24 Å². The lowest BCUT2D eigenvalue weighted by molar-refractivity contribution is -0.128. The Labute approximate surface area is 140 Å². The molecule has 0 bridgehead atoms. The molecule has 1 unspecified atom stereocenters. The topological polar surface area (TPSA) is 17.1 Å². The summed E-state index contributed by atoms with van der Waals surface area (Å²) in [6.45, 7) is 5.01. The number of hydrogen-bond acceptors (Lipinski definition) is 1. The molecule has 22 heavy (non-hydrogen) atoms. The third-order valence-electron chi connectivity index (χ3n) is 8.86. The first-order valence-corrected chi connectivity index (χ1v) is 10.0. The van der Waals surface area contributed by atoms with Crippen molar-refractivity contribution in [3.05, 3.63) is 0 Å². The Morgan fingerprint density at radius 3 is 2.41 bits per heavy atom. The molecular formula is C20H31ClO. The molecule has 0 aromatic carbocycles. The van der Waals surface area contributed by atoms with Crippen LogP contribution in [0.25, 0.3) is 0 Å². The van der Waals surface area contributed by atoms with Crippen LogP contribution in [0.4, 0.5) is 0 Å². The second-order valence-corrected chi connectivity index (χ2v) is 9.75. The first-order valence-electron chi connectivity index (χ1n) is 9.66. The highest BCUT2D eigenvalue weighted by Gasteiger charge is 2.60. The van der Waals surface area contributed by atoms with E-state index in [4.69, 9.17) is 11.6 Å². The zero-order valence-corrected chi connectivity index (χ0v) is 15.0. The molecule has 4 saturated carbocycles. The molecule has 0 aromatic heterocycles. The SMILES string of the molecule is C[C@]12CC[C@H]3[C@@H](CCC4CCCC[C@@]43C)[C@@H]1CC[C@@H]2C(=O)Cl. The van der Waals surface area contributed by atoms with Crippen molar-refractivity contribution in [3.8, 4) is 0 Å². The molecule has 4 aliphatic carbocycles. The maximum absolute atomic E-state index is 11.9. The summed E-state index contributed by atoms with van der Waals surface area (Å²) in [4.78, 5) is 11.9. The lowest BCUT2D eigenvalue weighted by Crippen LogP contribution is -2.53. The summed E-state index contributed by atoms with van der Waals surface area (Å²) in [6, 6.07) is 0. The van der Waals surface area contributed by atoms with Crippen LogP contribution in [0, 0.1) is 40.4 Å². The highest BCUT2D eigenvalue weighted by atomic mass is 35.5. The normalized spacial score (nSPS) is 54.2. The number of carbonyl (C=O) groups is 1. The van der Waals surface area contributed by atoms with E-state index >= 15 is 0 Å². The van der Waals surface area contributed by atoms with Crippen LogP contribution in [0.5, 0.6) is 0 Å². The van der Waals surface area contributed by atoms with E-state index in [9.17, 15) is 4.79 Å². The fraction of sp³-hybridized carbons (Fsp3) is 0.950. The maximum atomic E-state index is 11.9. The minimum atomic E-state index is -0.0546. The predicted molar refractivity (Wildman–Crippen MR) is 90.7 cm³/mol. The zero-order valence-electron chi connectivity index (χ0n) is 14.2. The smallest absolute Gasteiger partial charge is 0.225 e. The third kappa shape index (κ3) is 2.00. The van der Waals surface area contributed by atoms with Gasteiger partial charge < -0.3 is 0 Å². The van der Waals surface area contributed by atoms with E-state index in [0.29, 0.717) is 5.41 Å². The Morgan fingerprint density at radius 2 is 1.64 bits per heavy atom. The maximum Gasteiger partial charge on any atom is 0.225 e. The van der Waals surface area contributed by atoms with Gasteiger partial charge in [-0.3, -0.25) is 4.79 Å². The Hall–Kier alpha value is -0.0400. The highest BCUT2D eigenvalue weighted by Crippen LogP contribution is 2.67. The Bertz CT molecular complexity index is 474. The number of halogens is 1. The van der Waals surface area contributed by atoms with Crippen LogP contribution in [-0.2, 0) is 4.79 Å². The molecule has 124 valence electrons. The monoisotopic (exact) mass is 322 g/mol. The quantitative estimate of drug-likeness (QED) is 0.557. The van der Waals surface area contributed by atoms with Crippen LogP contribution >= 0.6 is 11.6 Å². The number of carbonyl (C=O) groups excluding carboxylic acids is 1. The lowest BCUT2D eigenvalue weighted by atomic mass is 9.45. The van der Waals surface area contributed by atoms with Gasteiger partial charge in [-0.1, -0.05) is 26.7 Å². The van der Waals surface area contributed by atoms with E-state index in [-0.39, 0.29) is 16.6 Å². The molecule has 0 N–H and O–H groups in total. The zero-order chi connectivity index (χ0) is 15.5. The van der Waals surface area contributed by atoms with Crippen molar-refractivity contribution in [2.45, 2.75) is 78.1 Å². The van der Waals surface area contributed by atoms with Crippen LogP contribution in [0.2, 0.25) is 0 Å². The van der Waals surface area contributed by atoms with Crippen molar-refractivity contribution >= 4 is 16.8 Å². The van der Waals surface area contributed by atoms with E-state index in [1.54, 1.807) is 0 Å². The Morgan fingerprint density at radius 1 is 0.864 bits per heavy atom. The summed E-state index contributed by atoms with van der Waals surface area (Å²) in [6.07, 6.45) is 13.6. The van der Waals surface area contributed by atoms with Gasteiger partial charge in [0, 0.05) is 5.92 Å². The van der Waals surface area contributed by atoms with Crippen molar-refractivity contribution in [2.24, 2.45) is 40.4 Å². The van der Waals surface area contributed by atoms with Gasteiger partial charge in [0.25, 0.3) is 0 Å². The van der Waals surface area contributed by atoms with Gasteiger partial charge in [-0.25, -0.2) is 0 Å². The third-order valence-corrected chi connectivity index (χ3v) is 9.12. The molecule has 7 atom stereocenters. The summed E-state index contributed by atoms with van der Waals surface area (Å²) in [7, 11) is 0. The summed E-state index contributed by atoms with van der Waals surface area (Å²) < 4.78 is 0. The largest absolute Gasteiger partial charge is 0.281 e. The second-order valence-electron chi connectivity index (χ2n) is 9.38. The fourth-order valence-corrected chi connectivity index (χ4v) is 8.03. The number of rotatable bonds is 1. The minimum Gasteiger partial charge on any atom is -0.281 e. The van der Waals surface area contributed by atoms with E-state index in [0.717, 1.165) is 30.1 Å². The van der Waals surface area contributed by atoms with Crippen molar-refractivity contribution in [2.75, 3.05) is 0 Å².